The smallest absolute Gasteiger partial charge is 0.333 e. The molecule has 0 amide bonds. The van der Waals surface area contributed by atoms with Crippen LogP contribution in [0.3, 0.4) is 0 Å². The van der Waals surface area contributed by atoms with Gasteiger partial charge in [-0.15, -0.1) is 5.10 Å². The van der Waals surface area contributed by atoms with Crippen molar-refractivity contribution >= 4 is 23.2 Å². The van der Waals surface area contributed by atoms with Gasteiger partial charge in [0.15, 0.2) is 34.8 Å². The molecule has 0 saturated heterocycles. The molecule has 18 heteroatoms. The fourth-order valence-electron chi connectivity index (χ4n) is 4.58. The number of aromatic nitrogens is 10. The minimum Gasteiger partial charge on any atom is -0.618 e. The largest absolute Gasteiger partial charge is 0.618 e. The van der Waals surface area contributed by atoms with E-state index >= 15 is 4.39 Å². The fraction of sp³-hybridized carbons (Fsp3) is 0.120. The maximum absolute atomic E-state index is 15.4. The van der Waals surface area contributed by atoms with Gasteiger partial charge in [0, 0.05) is 17.8 Å². The van der Waals surface area contributed by atoms with E-state index in [1.54, 1.807) is 0 Å². The third kappa shape index (κ3) is 5.30. The van der Waals surface area contributed by atoms with E-state index in [4.69, 9.17) is 23.2 Å². The molecule has 43 heavy (non-hydrogen) atoms. The van der Waals surface area contributed by atoms with Crippen LogP contribution in [0, 0.1) is 22.7 Å². The number of hydrogen-bond acceptors (Lipinski definition) is 6. The van der Waals surface area contributed by atoms with Crippen molar-refractivity contribution in [3.05, 3.63) is 106 Å². The minimum absolute atomic E-state index is 0.0185. The van der Waals surface area contributed by atoms with E-state index in [-0.39, 0.29) is 49.5 Å². The first-order chi connectivity index (χ1) is 20.6. The van der Waals surface area contributed by atoms with Gasteiger partial charge in [-0.1, -0.05) is 28.4 Å². The average molecular weight is 637 g/mol. The molecule has 0 aliphatic heterocycles. The normalized spacial score (nSPS) is 12.4. The summed E-state index contributed by atoms with van der Waals surface area (Å²) in [5.74, 6) is -2.50. The van der Waals surface area contributed by atoms with Crippen molar-refractivity contribution in [2.45, 2.75) is 19.1 Å². The maximum atomic E-state index is 15.4. The van der Waals surface area contributed by atoms with Gasteiger partial charge in [0.1, 0.15) is 5.69 Å². The zero-order chi connectivity index (χ0) is 30.4. The molecule has 5 heterocycles. The Morgan fingerprint density at radius 2 is 1.72 bits per heavy atom. The summed E-state index contributed by atoms with van der Waals surface area (Å²) in [6.07, 6.45) is 7.45. The summed E-state index contributed by atoms with van der Waals surface area (Å²) in [5, 5.41) is 32.3. The van der Waals surface area contributed by atoms with Gasteiger partial charge in [-0.2, -0.15) is 28.8 Å². The highest BCUT2D eigenvalue weighted by Crippen LogP contribution is 2.34. The molecule has 0 aliphatic rings. The molecule has 1 atom stereocenters. The van der Waals surface area contributed by atoms with E-state index in [1.807, 2.05) is 0 Å². The molecule has 0 radical (unpaired) electrons. The molecule has 11 nitrogen and oxygen atoms in total. The summed E-state index contributed by atoms with van der Waals surface area (Å²) < 4.78 is 74.6. The molecule has 0 saturated carbocycles. The van der Waals surface area contributed by atoms with E-state index in [9.17, 15) is 22.8 Å². The molecule has 0 N–H and O–H groups in total. The number of rotatable bonds is 8. The van der Waals surface area contributed by atoms with Crippen molar-refractivity contribution in [3.8, 4) is 28.1 Å². The van der Waals surface area contributed by atoms with Crippen molar-refractivity contribution in [1.82, 2.24) is 44.3 Å². The van der Waals surface area contributed by atoms with Crippen LogP contribution in [0.15, 0.2) is 67.6 Å². The molecule has 0 fully saturated rings. The Morgan fingerprint density at radius 3 is 2.40 bits per heavy atom. The number of benzene rings is 1. The summed E-state index contributed by atoms with van der Waals surface area (Å²) in [4.78, 5) is 0. The van der Waals surface area contributed by atoms with Crippen LogP contribution >= 0.6 is 23.2 Å². The molecule has 1 aromatic carbocycles. The summed E-state index contributed by atoms with van der Waals surface area (Å²) in [5.41, 5.74) is -0.343. The SMILES string of the molecule is [O-][n+]1cc(-c2c(-n3cc(Cl)nn3)ccc(Cl)c2F)ccc1[C@H](Cn1cc(F)cn1)n1cc(-c2c(F)cnn2C(F)F)cn1. The highest BCUT2D eigenvalue weighted by molar-refractivity contribution is 6.31. The topological polar surface area (TPSA) is 111 Å². The van der Waals surface area contributed by atoms with Crippen LogP contribution in [0.25, 0.3) is 28.1 Å². The Kier molecular flexibility index (Phi) is 7.31. The van der Waals surface area contributed by atoms with E-state index in [0.717, 1.165) is 24.8 Å². The predicted molar refractivity (Wildman–Crippen MR) is 141 cm³/mol. The number of pyridine rings is 1. The summed E-state index contributed by atoms with van der Waals surface area (Å²) in [7, 11) is 0. The fourth-order valence-corrected chi connectivity index (χ4v) is 4.87. The van der Waals surface area contributed by atoms with Gasteiger partial charge in [0.25, 0.3) is 0 Å². The van der Waals surface area contributed by atoms with Crippen molar-refractivity contribution in [2.75, 3.05) is 0 Å². The predicted octanol–water partition coefficient (Wildman–Crippen LogP) is 5.23. The monoisotopic (exact) mass is 636 g/mol. The van der Waals surface area contributed by atoms with Crippen LogP contribution < -0.4 is 4.73 Å². The van der Waals surface area contributed by atoms with Crippen LogP contribution in [0.1, 0.15) is 18.3 Å². The van der Waals surface area contributed by atoms with Crippen molar-refractivity contribution in [1.29, 1.82) is 0 Å². The molecule has 0 bridgehead atoms. The van der Waals surface area contributed by atoms with Crippen LogP contribution in [-0.2, 0) is 6.54 Å². The van der Waals surface area contributed by atoms with Gasteiger partial charge >= 0.3 is 6.55 Å². The zero-order valence-electron chi connectivity index (χ0n) is 21.2. The van der Waals surface area contributed by atoms with Crippen LogP contribution in [0.4, 0.5) is 22.0 Å². The summed E-state index contributed by atoms with van der Waals surface area (Å²) in [6.45, 7) is -3.29. The lowest BCUT2D eigenvalue weighted by Crippen LogP contribution is -2.37. The Labute approximate surface area is 247 Å². The van der Waals surface area contributed by atoms with E-state index in [2.05, 4.69) is 25.6 Å². The van der Waals surface area contributed by atoms with Gasteiger partial charge in [-0.3, -0.25) is 9.36 Å². The second-order valence-corrected chi connectivity index (χ2v) is 9.87. The first-order valence-corrected chi connectivity index (χ1v) is 12.9. The van der Waals surface area contributed by atoms with Crippen molar-refractivity contribution in [2.24, 2.45) is 0 Å². The maximum Gasteiger partial charge on any atom is 0.333 e. The lowest BCUT2D eigenvalue weighted by Gasteiger charge is -2.18. The van der Waals surface area contributed by atoms with Crippen LogP contribution in [0.2, 0.25) is 10.2 Å². The van der Waals surface area contributed by atoms with Gasteiger partial charge in [0.05, 0.1) is 59.4 Å². The molecule has 0 unspecified atom stereocenters. The Bertz CT molecular complexity index is 1950. The van der Waals surface area contributed by atoms with E-state index in [1.165, 1.54) is 50.7 Å². The molecular weight excluding hydrogens is 622 g/mol. The van der Waals surface area contributed by atoms with Gasteiger partial charge in [-0.05, 0) is 18.2 Å². The third-order valence-electron chi connectivity index (χ3n) is 6.45. The second-order valence-electron chi connectivity index (χ2n) is 9.08. The Morgan fingerprint density at radius 1 is 0.907 bits per heavy atom. The Balaban J connectivity index is 1.44. The van der Waals surface area contributed by atoms with Crippen LogP contribution in [0.5, 0.6) is 0 Å². The number of halogens is 7. The highest BCUT2D eigenvalue weighted by Gasteiger charge is 2.28. The summed E-state index contributed by atoms with van der Waals surface area (Å²) in [6, 6.07) is 4.56. The first kappa shape index (κ1) is 28.3. The molecule has 6 aromatic rings. The molecule has 6 rings (SSSR count). The quantitative estimate of drug-likeness (QED) is 0.128. The highest BCUT2D eigenvalue weighted by atomic mass is 35.5. The summed E-state index contributed by atoms with van der Waals surface area (Å²) >= 11 is 11.9. The standard InChI is InChI=1S/C25H15Cl2F5N10O/c26-16-2-4-19(40-12-21(27)36-37-40)22(23(16)30)13-1-3-18(41(43)9-13)20(11-38-10-15(28)6-33-38)39-8-14(5-34-39)24-17(29)7-35-42(24)25(31)32/h1-10,12,20,25H,11H2/t20-/m0/s1. The Hall–Kier alpha value is -4.83. The second kappa shape index (κ2) is 11.1. The number of hydrogen-bond donors (Lipinski definition) is 0. The molecule has 0 spiro atoms. The van der Waals surface area contributed by atoms with E-state index in [0.29, 0.717) is 10.9 Å². The van der Waals surface area contributed by atoms with Gasteiger partial charge < -0.3 is 5.21 Å². The lowest BCUT2D eigenvalue weighted by atomic mass is 10.0. The molecular formula is C25H15Cl2F5N10O. The number of nitrogens with zero attached hydrogens (tertiary/aromatic N) is 10. The zero-order valence-corrected chi connectivity index (χ0v) is 22.8. The van der Waals surface area contributed by atoms with Crippen molar-refractivity contribution < 1.29 is 26.7 Å². The van der Waals surface area contributed by atoms with Gasteiger partial charge in [-0.25, -0.2) is 22.5 Å². The lowest BCUT2D eigenvalue weighted by molar-refractivity contribution is -0.615. The molecule has 0 aliphatic carbocycles. The third-order valence-corrected chi connectivity index (χ3v) is 6.92. The number of alkyl halides is 2. The van der Waals surface area contributed by atoms with E-state index < -0.39 is 35.7 Å². The average Bonchev–Trinajstić information content (AvgIpc) is 3.77. The minimum atomic E-state index is -3.13. The van der Waals surface area contributed by atoms with Gasteiger partial charge in [0.2, 0.25) is 5.69 Å². The molecule has 5 aromatic heterocycles. The molecule has 220 valence electrons. The van der Waals surface area contributed by atoms with Crippen molar-refractivity contribution in [3.63, 3.8) is 0 Å². The first-order valence-electron chi connectivity index (χ1n) is 12.1. The van der Waals surface area contributed by atoms with Crippen LogP contribution in [-0.4, -0.2) is 44.3 Å².